The fraction of sp³-hybridized carbons (Fsp3) is 0.600. The van der Waals surface area contributed by atoms with Gasteiger partial charge in [0.05, 0.1) is 12.2 Å². The van der Waals surface area contributed by atoms with E-state index in [2.05, 4.69) is 36.1 Å². The van der Waals surface area contributed by atoms with Gasteiger partial charge in [-0.15, -0.1) is 0 Å². The van der Waals surface area contributed by atoms with E-state index in [0.717, 1.165) is 19.5 Å². The highest BCUT2D eigenvalue weighted by Crippen LogP contribution is 2.23. The molecule has 3 heteroatoms. The van der Waals surface area contributed by atoms with Gasteiger partial charge in [-0.1, -0.05) is 19.1 Å². The van der Waals surface area contributed by atoms with Crippen LogP contribution in [0.1, 0.15) is 26.3 Å². The van der Waals surface area contributed by atoms with E-state index in [9.17, 15) is 5.11 Å². The van der Waals surface area contributed by atoms with Crippen molar-refractivity contribution in [3.8, 4) is 0 Å². The number of morpholine rings is 1. The Hall–Kier alpha value is -1.06. The standard InChI is InChI=1S/C15H23NO2/c1-4-12-5-7-13(8-6-12)16-9-10-18-14(11-16)15(2,3)17/h5-8,14,17H,4,9-11H2,1-3H3/t14-/m0/s1. The lowest BCUT2D eigenvalue weighted by atomic mass is 10.00. The lowest BCUT2D eigenvalue weighted by molar-refractivity contribution is -0.0927. The van der Waals surface area contributed by atoms with Crippen molar-refractivity contribution in [2.75, 3.05) is 24.6 Å². The molecule has 1 saturated heterocycles. The van der Waals surface area contributed by atoms with Gasteiger partial charge in [-0.2, -0.15) is 0 Å². The minimum absolute atomic E-state index is 0.128. The number of benzene rings is 1. The van der Waals surface area contributed by atoms with Crippen LogP contribution >= 0.6 is 0 Å². The van der Waals surface area contributed by atoms with E-state index >= 15 is 0 Å². The van der Waals surface area contributed by atoms with Crippen LogP contribution in [-0.2, 0) is 11.2 Å². The van der Waals surface area contributed by atoms with E-state index in [0.29, 0.717) is 6.61 Å². The second-order valence-electron chi connectivity index (χ2n) is 5.48. The summed E-state index contributed by atoms with van der Waals surface area (Å²) >= 11 is 0. The molecule has 1 aliphatic rings. The van der Waals surface area contributed by atoms with E-state index in [-0.39, 0.29) is 6.10 Å². The quantitative estimate of drug-likeness (QED) is 0.891. The summed E-state index contributed by atoms with van der Waals surface area (Å²) in [6.45, 7) is 8.08. The molecule has 18 heavy (non-hydrogen) atoms. The Bertz CT molecular complexity index is 380. The first-order valence-electron chi connectivity index (χ1n) is 6.68. The van der Waals surface area contributed by atoms with Gasteiger partial charge in [-0.3, -0.25) is 0 Å². The van der Waals surface area contributed by atoms with E-state index in [4.69, 9.17) is 4.74 Å². The summed E-state index contributed by atoms with van der Waals surface area (Å²) in [7, 11) is 0. The van der Waals surface area contributed by atoms with E-state index in [1.807, 2.05) is 0 Å². The molecule has 0 radical (unpaired) electrons. The molecule has 0 aliphatic carbocycles. The molecule has 1 aliphatic heterocycles. The second kappa shape index (κ2) is 5.29. The zero-order chi connectivity index (χ0) is 13.2. The largest absolute Gasteiger partial charge is 0.388 e. The van der Waals surface area contributed by atoms with Gasteiger partial charge in [0.1, 0.15) is 6.10 Å². The normalized spacial score (nSPS) is 21.1. The summed E-state index contributed by atoms with van der Waals surface area (Å²) in [4.78, 5) is 2.28. The van der Waals surface area contributed by atoms with Crippen molar-refractivity contribution < 1.29 is 9.84 Å². The van der Waals surface area contributed by atoms with Gasteiger partial charge >= 0.3 is 0 Å². The highest BCUT2D eigenvalue weighted by molar-refractivity contribution is 5.48. The molecule has 1 fully saturated rings. The van der Waals surface area contributed by atoms with Gasteiger partial charge in [0.25, 0.3) is 0 Å². The lowest BCUT2D eigenvalue weighted by Gasteiger charge is -2.39. The van der Waals surface area contributed by atoms with Crippen LogP contribution < -0.4 is 4.90 Å². The number of rotatable bonds is 3. The third-order valence-electron chi connectivity index (χ3n) is 3.56. The van der Waals surface area contributed by atoms with Crippen LogP contribution in [0.3, 0.4) is 0 Å². The lowest BCUT2D eigenvalue weighted by Crippen LogP contribution is -2.52. The van der Waals surface area contributed by atoms with Crippen molar-refractivity contribution in [2.45, 2.75) is 38.9 Å². The van der Waals surface area contributed by atoms with Crippen molar-refractivity contribution in [1.82, 2.24) is 0 Å². The van der Waals surface area contributed by atoms with Crippen LogP contribution in [-0.4, -0.2) is 36.5 Å². The van der Waals surface area contributed by atoms with Crippen molar-refractivity contribution in [3.63, 3.8) is 0 Å². The SMILES string of the molecule is CCc1ccc(N2CCO[C@H](C(C)(C)O)C2)cc1. The molecule has 0 saturated carbocycles. The fourth-order valence-electron chi connectivity index (χ4n) is 2.25. The predicted octanol–water partition coefficient (Wildman–Crippen LogP) is 2.23. The van der Waals surface area contributed by atoms with Crippen LogP contribution in [0.4, 0.5) is 5.69 Å². The highest BCUT2D eigenvalue weighted by Gasteiger charge is 2.32. The van der Waals surface area contributed by atoms with Gasteiger partial charge in [0.15, 0.2) is 0 Å². The zero-order valence-corrected chi connectivity index (χ0v) is 11.5. The van der Waals surface area contributed by atoms with Crippen molar-refractivity contribution in [1.29, 1.82) is 0 Å². The summed E-state index contributed by atoms with van der Waals surface area (Å²) < 4.78 is 5.65. The zero-order valence-electron chi connectivity index (χ0n) is 11.5. The van der Waals surface area contributed by atoms with Gasteiger partial charge in [-0.25, -0.2) is 0 Å². The Kier molecular flexibility index (Phi) is 3.93. The Balaban J connectivity index is 2.08. The molecule has 1 heterocycles. The second-order valence-corrected chi connectivity index (χ2v) is 5.48. The van der Waals surface area contributed by atoms with Crippen LogP contribution in [0.15, 0.2) is 24.3 Å². The number of anilines is 1. The summed E-state index contributed by atoms with van der Waals surface area (Å²) in [6.07, 6.45) is 0.937. The molecule has 1 aromatic rings. The highest BCUT2D eigenvalue weighted by atomic mass is 16.5. The molecular formula is C15H23NO2. The molecule has 0 aromatic heterocycles. The number of hydrogen-bond acceptors (Lipinski definition) is 3. The van der Waals surface area contributed by atoms with Gasteiger partial charge in [0, 0.05) is 18.8 Å². The molecular weight excluding hydrogens is 226 g/mol. The Morgan fingerprint density at radius 3 is 2.56 bits per heavy atom. The summed E-state index contributed by atoms with van der Waals surface area (Å²) in [6, 6.07) is 8.66. The molecule has 0 spiro atoms. The first-order chi connectivity index (χ1) is 8.50. The van der Waals surface area contributed by atoms with Crippen LogP contribution in [0.2, 0.25) is 0 Å². The van der Waals surface area contributed by atoms with E-state index < -0.39 is 5.60 Å². The number of aliphatic hydroxyl groups is 1. The molecule has 3 nitrogen and oxygen atoms in total. The fourth-order valence-corrected chi connectivity index (χ4v) is 2.25. The molecule has 0 bridgehead atoms. The van der Waals surface area contributed by atoms with E-state index in [1.165, 1.54) is 11.3 Å². The maximum atomic E-state index is 10.0. The third kappa shape index (κ3) is 3.03. The van der Waals surface area contributed by atoms with Crippen molar-refractivity contribution >= 4 is 5.69 Å². The molecule has 0 amide bonds. The predicted molar refractivity (Wildman–Crippen MR) is 74.1 cm³/mol. The first kappa shape index (κ1) is 13.4. The van der Waals surface area contributed by atoms with Gasteiger partial charge in [0.2, 0.25) is 0 Å². The van der Waals surface area contributed by atoms with Crippen LogP contribution in [0.25, 0.3) is 0 Å². The van der Waals surface area contributed by atoms with E-state index in [1.54, 1.807) is 13.8 Å². The monoisotopic (exact) mass is 249 g/mol. The molecule has 0 unspecified atom stereocenters. The topological polar surface area (TPSA) is 32.7 Å². The molecule has 1 atom stereocenters. The number of nitrogens with zero attached hydrogens (tertiary/aromatic N) is 1. The van der Waals surface area contributed by atoms with Gasteiger partial charge < -0.3 is 14.7 Å². The summed E-state index contributed by atoms with van der Waals surface area (Å²) in [5.41, 5.74) is 1.78. The number of aryl methyl sites for hydroxylation is 1. The Labute approximate surface area is 109 Å². The average Bonchev–Trinajstić information content (AvgIpc) is 2.38. The smallest absolute Gasteiger partial charge is 0.103 e. The minimum Gasteiger partial charge on any atom is -0.388 e. The molecule has 2 rings (SSSR count). The maximum absolute atomic E-state index is 10.0. The number of ether oxygens (including phenoxy) is 1. The van der Waals surface area contributed by atoms with Crippen LogP contribution in [0, 0.1) is 0 Å². The summed E-state index contributed by atoms with van der Waals surface area (Å²) in [5, 5.41) is 10.0. The van der Waals surface area contributed by atoms with Crippen molar-refractivity contribution in [2.24, 2.45) is 0 Å². The maximum Gasteiger partial charge on any atom is 0.103 e. The van der Waals surface area contributed by atoms with Gasteiger partial charge in [-0.05, 0) is 38.0 Å². The van der Waals surface area contributed by atoms with Crippen LogP contribution in [0.5, 0.6) is 0 Å². The Morgan fingerprint density at radius 2 is 2.00 bits per heavy atom. The summed E-state index contributed by atoms with van der Waals surface area (Å²) in [5.74, 6) is 0. The molecule has 1 N–H and O–H groups in total. The third-order valence-corrected chi connectivity index (χ3v) is 3.56. The first-order valence-corrected chi connectivity index (χ1v) is 6.68. The average molecular weight is 249 g/mol. The number of hydrogen-bond donors (Lipinski definition) is 1. The minimum atomic E-state index is -0.790. The molecule has 1 aromatic carbocycles. The Morgan fingerprint density at radius 1 is 1.33 bits per heavy atom. The molecule has 100 valence electrons. The van der Waals surface area contributed by atoms with Crippen molar-refractivity contribution in [3.05, 3.63) is 29.8 Å².